The van der Waals surface area contributed by atoms with E-state index in [0.717, 1.165) is 58.6 Å². The second-order valence-electron chi connectivity index (χ2n) is 7.23. The molecule has 5 nitrogen and oxygen atoms in total. The van der Waals surface area contributed by atoms with Gasteiger partial charge in [-0.1, -0.05) is 44.2 Å². The van der Waals surface area contributed by atoms with E-state index in [1.54, 1.807) is 0 Å². The summed E-state index contributed by atoms with van der Waals surface area (Å²) in [5.74, 6) is 1.08. The van der Waals surface area contributed by atoms with Gasteiger partial charge in [0.1, 0.15) is 0 Å². The van der Waals surface area contributed by atoms with Gasteiger partial charge in [0.25, 0.3) is 0 Å². The van der Waals surface area contributed by atoms with Crippen molar-refractivity contribution in [1.29, 1.82) is 0 Å². The van der Waals surface area contributed by atoms with Crippen LogP contribution in [0.15, 0.2) is 35.3 Å². The molecule has 0 amide bonds. The fourth-order valence-corrected chi connectivity index (χ4v) is 2.95. The van der Waals surface area contributed by atoms with Crippen molar-refractivity contribution >= 4 is 5.96 Å². The molecular weight excluding hydrogens is 312 g/mol. The minimum absolute atomic E-state index is 0.402. The van der Waals surface area contributed by atoms with Crippen LogP contribution in [0.25, 0.3) is 0 Å². The number of guanidine groups is 1. The molecule has 1 saturated heterocycles. The third-order valence-electron chi connectivity index (χ3n) is 4.39. The quantitative estimate of drug-likeness (QED) is 0.410. The van der Waals surface area contributed by atoms with Crippen molar-refractivity contribution in [3.8, 4) is 0 Å². The highest BCUT2D eigenvalue weighted by Crippen LogP contribution is 2.16. The predicted octanol–water partition coefficient (Wildman–Crippen LogP) is 2.62. The molecule has 1 aromatic carbocycles. The van der Waals surface area contributed by atoms with Gasteiger partial charge in [0.15, 0.2) is 5.96 Å². The summed E-state index contributed by atoms with van der Waals surface area (Å²) in [7, 11) is 0. The Morgan fingerprint density at radius 3 is 2.68 bits per heavy atom. The molecule has 0 bridgehead atoms. The number of aliphatic imine (C=N–C) groups is 1. The van der Waals surface area contributed by atoms with Crippen molar-refractivity contribution in [1.82, 2.24) is 10.2 Å². The van der Waals surface area contributed by atoms with Crippen molar-refractivity contribution in [3.63, 3.8) is 0 Å². The molecule has 0 atom stereocenters. The Labute approximate surface area is 152 Å². The lowest BCUT2D eigenvalue weighted by Crippen LogP contribution is -2.37. The summed E-state index contributed by atoms with van der Waals surface area (Å²) in [6.45, 7) is 9.93. The standard InChI is InChI=1S/C20H34N4O/c1-17(2)15-23-20(21)22-11-6-14-25-19-9-12-24(13-10-19)16-18-7-4-3-5-8-18/h3-5,7-8,17,19H,6,9-16H2,1-2H3,(H3,21,22,23). The normalized spacial score (nSPS) is 17.2. The maximum absolute atomic E-state index is 6.01. The molecule has 0 saturated carbocycles. The van der Waals surface area contributed by atoms with Crippen LogP contribution in [0.1, 0.15) is 38.7 Å². The summed E-state index contributed by atoms with van der Waals surface area (Å²) >= 11 is 0. The summed E-state index contributed by atoms with van der Waals surface area (Å²) in [6.07, 6.45) is 3.61. The van der Waals surface area contributed by atoms with Crippen molar-refractivity contribution in [2.75, 3.05) is 32.8 Å². The number of benzene rings is 1. The van der Waals surface area contributed by atoms with Crippen molar-refractivity contribution in [2.24, 2.45) is 16.6 Å². The number of nitrogens with one attached hydrogen (secondary N) is 1. The smallest absolute Gasteiger partial charge is 0.188 e. The van der Waals surface area contributed by atoms with Gasteiger partial charge in [-0.05, 0) is 30.7 Å². The average Bonchev–Trinajstić information content (AvgIpc) is 2.62. The average molecular weight is 347 g/mol. The third-order valence-corrected chi connectivity index (χ3v) is 4.39. The highest BCUT2D eigenvalue weighted by Gasteiger charge is 2.19. The maximum Gasteiger partial charge on any atom is 0.188 e. The van der Waals surface area contributed by atoms with E-state index < -0.39 is 0 Å². The fraction of sp³-hybridized carbons (Fsp3) is 0.650. The lowest BCUT2D eigenvalue weighted by atomic mass is 10.1. The molecule has 0 aromatic heterocycles. The molecule has 1 fully saturated rings. The van der Waals surface area contributed by atoms with Crippen LogP contribution in [0.4, 0.5) is 0 Å². The minimum atomic E-state index is 0.402. The van der Waals surface area contributed by atoms with Crippen LogP contribution < -0.4 is 11.1 Å². The Balaban J connectivity index is 1.52. The zero-order chi connectivity index (χ0) is 17.9. The van der Waals surface area contributed by atoms with E-state index in [-0.39, 0.29) is 0 Å². The van der Waals surface area contributed by atoms with Crippen LogP contribution in [0.3, 0.4) is 0 Å². The van der Waals surface area contributed by atoms with Crippen LogP contribution in [-0.2, 0) is 11.3 Å². The number of hydrogen-bond donors (Lipinski definition) is 2. The van der Waals surface area contributed by atoms with E-state index in [1.807, 2.05) is 0 Å². The lowest BCUT2D eigenvalue weighted by Gasteiger charge is -2.32. The molecule has 2 rings (SSSR count). The highest BCUT2D eigenvalue weighted by molar-refractivity contribution is 5.77. The van der Waals surface area contributed by atoms with Gasteiger partial charge in [-0.3, -0.25) is 9.89 Å². The zero-order valence-corrected chi connectivity index (χ0v) is 15.8. The van der Waals surface area contributed by atoms with Gasteiger partial charge in [0.05, 0.1) is 6.10 Å². The Bertz CT molecular complexity index is 496. The maximum atomic E-state index is 6.01. The van der Waals surface area contributed by atoms with Crippen molar-refractivity contribution in [2.45, 2.75) is 45.8 Å². The van der Waals surface area contributed by atoms with E-state index in [1.165, 1.54) is 5.56 Å². The summed E-state index contributed by atoms with van der Waals surface area (Å²) in [6, 6.07) is 10.7. The number of nitrogens with zero attached hydrogens (tertiary/aromatic N) is 2. The second-order valence-corrected chi connectivity index (χ2v) is 7.23. The highest BCUT2D eigenvalue weighted by atomic mass is 16.5. The van der Waals surface area contributed by atoms with Crippen molar-refractivity contribution < 1.29 is 4.74 Å². The molecular formula is C20H34N4O. The second kappa shape index (κ2) is 11.1. The Hall–Kier alpha value is -1.59. The Morgan fingerprint density at radius 1 is 1.28 bits per heavy atom. The topological polar surface area (TPSA) is 62.9 Å². The van der Waals surface area contributed by atoms with Crippen LogP contribution in [0.2, 0.25) is 0 Å². The molecule has 0 unspecified atom stereocenters. The monoisotopic (exact) mass is 346 g/mol. The summed E-state index contributed by atoms with van der Waals surface area (Å²) in [5, 5.41) is 3.15. The molecule has 1 aromatic rings. The molecule has 5 heteroatoms. The largest absolute Gasteiger partial charge is 0.378 e. The number of nitrogens with two attached hydrogens (primary N) is 1. The molecule has 0 spiro atoms. The van der Waals surface area contributed by atoms with Gasteiger partial charge < -0.3 is 15.8 Å². The number of likely N-dealkylation sites (tertiary alicyclic amines) is 1. The molecule has 0 aliphatic carbocycles. The van der Waals surface area contributed by atoms with Gasteiger partial charge in [0.2, 0.25) is 0 Å². The molecule has 140 valence electrons. The first-order chi connectivity index (χ1) is 12.1. The zero-order valence-electron chi connectivity index (χ0n) is 15.8. The van der Waals surface area contributed by atoms with Crippen LogP contribution in [0, 0.1) is 5.92 Å². The molecule has 25 heavy (non-hydrogen) atoms. The molecule has 3 N–H and O–H groups in total. The third kappa shape index (κ3) is 8.36. The summed E-state index contributed by atoms with van der Waals surface area (Å²) in [4.78, 5) is 6.81. The molecule has 1 aliphatic heterocycles. The molecule has 1 heterocycles. The van der Waals surface area contributed by atoms with E-state index in [9.17, 15) is 0 Å². The molecule has 0 radical (unpaired) electrons. The first-order valence-electron chi connectivity index (χ1n) is 9.55. The summed E-state index contributed by atoms with van der Waals surface area (Å²) in [5.41, 5.74) is 7.21. The van der Waals surface area contributed by atoms with Crippen LogP contribution >= 0.6 is 0 Å². The van der Waals surface area contributed by atoms with Gasteiger partial charge in [-0.25, -0.2) is 0 Å². The minimum Gasteiger partial charge on any atom is -0.378 e. The number of ether oxygens (including phenoxy) is 1. The van der Waals surface area contributed by atoms with Crippen LogP contribution in [0.5, 0.6) is 0 Å². The molecule has 1 aliphatic rings. The van der Waals surface area contributed by atoms with E-state index in [2.05, 4.69) is 59.4 Å². The van der Waals surface area contributed by atoms with Gasteiger partial charge in [-0.15, -0.1) is 0 Å². The first kappa shape index (κ1) is 19.7. The SMILES string of the molecule is CC(C)CN=C(N)NCCCOC1CCN(Cc2ccccc2)CC1. The number of hydrogen-bond acceptors (Lipinski definition) is 3. The fourth-order valence-electron chi connectivity index (χ4n) is 2.95. The van der Waals surface area contributed by atoms with Crippen molar-refractivity contribution in [3.05, 3.63) is 35.9 Å². The lowest BCUT2D eigenvalue weighted by molar-refractivity contribution is 0.00535. The Morgan fingerprint density at radius 2 is 2.00 bits per heavy atom. The van der Waals surface area contributed by atoms with E-state index in [4.69, 9.17) is 10.5 Å². The van der Waals surface area contributed by atoms with Gasteiger partial charge >= 0.3 is 0 Å². The number of rotatable bonds is 9. The van der Waals surface area contributed by atoms with Crippen LogP contribution in [-0.4, -0.2) is 49.7 Å². The van der Waals surface area contributed by atoms with Gasteiger partial charge in [0, 0.05) is 39.3 Å². The van der Waals surface area contributed by atoms with E-state index in [0.29, 0.717) is 18.0 Å². The van der Waals surface area contributed by atoms with Gasteiger partial charge in [-0.2, -0.15) is 0 Å². The van der Waals surface area contributed by atoms with E-state index >= 15 is 0 Å². The first-order valence-corrected chi connectivity index (χ1v) is 9.55. The Kier molecular flexibility index (Phi) is 8.77. The number of piperidine rings is 1. The summed E-state index contributed by atoms with van der Waals surface area (Å²) < 4.78 is 6.01. The predicted molar refractivity (Wildman–Crippen MR) is 105 cm³/mol.